The van der Waals surface area contributed by atoms with Crippen LogP contribution in [-0.2, 0) is 16.3 Å². The van der Waals surface area contributed by atoms with Gasteiger partial charge >= 0.3 is 0 Å². The summed E-state index contributed by atoms with van der Waals surface area (Å²) >= 11 is 0. The molecule has 0 N–H and O–H groups in total. The Kier molecular flexibility index (Phi) is 3.09. The molecule has 68 valence electrons. The number of nitrogens with zero attached hydrogens (tertiary/aromatic N) is 1. The lowest BCUT2D eigenvalue weighted by molar-refractivity contribution is 0.601. The molecule has 0 aliphatic heterocycles. The zero-order valence-electron chi connectivity index (χ0n) is 7.40. The van der Waals surface area contributed by atoms with Gasteiger partial charge in [0.2, 0.25) is 0 Å². The molecule has 0 fully saturated rings. The molecule has 0 unspecified atom stereocenters. The van der Waals surface area contributed by atoms with Gasteiger partial charge in [-0.05, 0) is 12.0 Å². The Labute approximate surface area is 79.5 Å². The Bertz CT molecular complexity index is 389. The van der Waals surface area contributed by atoms with Crippen molar-refractivity contribution >= 4 is 23.1 Å². The minimum absolute atomic E-state index is 0.137. The molecule has 0 aliphatic rings. The summed E-state index contributed by atoms with van der Waals surface area (Å²) in [6.45, 7) is 0. The fourth-order valence-corrected chi connectivity index (χ4v) is 1.55. The van der Waals surface area contributed by atoms with Crippen molar-refractivity contribution in [1.29, 1.82) is 0 Å². The molecule has 1 aromatic heterocycles. The summed E-state index contributed by atoms with van der Waals surface area (Å²) in [4.78, 5) is 3.87. The van der Waals surface area contributed by atoms with Gasteiger partial charge in [0.25, 0.3) is 0 Å². The SMILES string of the molecule is [B]c1cncc(CCS(C)(=O)=O)c1. The van der Waals surface area contributed by atoms with Crippen molar-refractivity contribution in [1.82, 2.24) is 4.98 Å². The van der Waals surface area contributed by atoms with Crippen molar-refractivity contribution in [2.24, 2.45) is 0 Å². The summed E-state index contributed by atoms with van der Waals surface area (Å²) in [6, 6.07) is 1.73. The first-order valence-electron chi connectivity index (χ1n) is 3.84. The van der Waals surface area contributed by atoms with E-state index in [4.69, 9.17) is 7.85 Å². The van der Waals surface area contributed by atoms with E-state index in [1.165, 1.54) is 12.5 Å². The predicted molar refractivity (Wildman–Crippen MR) is 53.0 cm³/mol. The topological polar surface area (TPSA) is 47.0 Å². The molecule has 1 rings (SSSR count). The highest BCUT2D eigenvalue weighted by Crippen LogP contribution is 1.97. The number of hydrogen-bond donors (Lipinski definition) is 0. The van der Waals surface area contributed by atoms with Crippen molar-refractivity contribution in [2.75, 3.05) is 12.0 Å². The average molecular weight is 195 g/mol. The maximum Gasteiger partial charge on any atom is 0.147 e. The number of hydrogen-bond acceptors (Lipinski definition) is 3. The van der Waals surface area contributed by atoms with Crippen LogP contribution in [-0.4, -0.2) is 33.3 Å². The number of pyridine rings is 1. The van der Waals surface area contributed by atoms with Gasteiger partial charge in [0.1, 0.15) is 17.7 Å². The summed E-state index contributed by atoms with van der Waals surface area (Å²) in [7, 11) is 2.58. The van der Waals surface area contributed by atoms with Crippen LogP contribution in [0.15, 0.2) is 18.5 Å². The Morgan fingerprint density at radius 1 is 1.46 bits per heavy atom. The fraction of sp³-hybridized carbons (Fsp3) is 0.375. The molecule has 0 aliphatic carbocycles. The Morgan fingerprint density at radius 2 is 2.15 bits per heavy atom. The van der Waals surface area contributed by atoms with Crippen LogP contribution < -0.4 is 5.46 Å². The number of sulfone groups is 1. The third kappa shape index (κ3) is 4.08. The van der Waals surface area contributed by atoms with E-state index in [0.29, 0.717) is 11.9 Å². The lowest BCUT2D eigenvalue weighted by Crippen LogP contribution is -2.09. The van der Waals surface area contributed by atoms with Gasteiger partial charge in [-0.15, -0.1) is 0 Å². The van der Waals surface area contributed by atoms with Gasteiger partial charge in [-0.2, -0.15) is 0 Å². The molecular weight excluding hydrogens is 185 g/mol. The van der Waals surface area contributed by atoms with E-state index in [2.05, 4.69) is 4.98 Å². The van der Waals surface area contributed by atoms with Crippen LogP contribution in [0.4, 0.5) is 0 Å². The predicted octanol–water partition coefficient (Wildman–Crippen LogP) is -0.537. The van der Waals surface area contributed by atoms with Crippen LogP contribution in [0.3, 0.4) is 0 Å². The van der Waals surface area contributed by atoms with E-state index in [9.17, 15) is 8.42 Å². The minimum atomic E-state index is -2.90. The van der Waals surface area contributed by atoms with Gasteiger partial charge in [-0.25, -0.2) is 8.42 Å². The first-order chi connectivity index (χ1) is 5.97. The summed E-state index contributed by atoms with van der Waals surface area (Å²) < 4.78 is 21.7. The maximum atomic E-state index is 10.8. The molecule has 0 spiro atoms. The molecule has 0 aromatic carbocycles. The molecule has 0 amide bonds. The summed E-state index contributed by atoms with van der Waals surface area (Å²) in [5, 5.41) is 0. The molecule has 5 heteroatoms. The van der Waals surface area contributed by atoms with Gasteiger partial charge in [-0.3, -0.25) is 4.98 Å². The van der Waals surface area contributed by atoms with Crippen LogP contribution >= 0.6 is 0 Å². The highest BCUT2D eigenvalue weighted by atomic mass is 32.2. The summed E-state index contributed by atoms with van der Waals surface area (Å²) in [6.07, 6.45) is 4.84. The number of aromatic nitrogens is 1. The molecular formula is C8H10BNO2S. The smallest absolute Gasteiger partial charge is 0.147 e. The van der Waals surface area contributed by atoms with E-state index in [0.717, 1.165) is 5.56 Å². The Morgan fingerprint density at radius 3 is 2.69 bits per heavy atom. The second kappa shape index (κ2) is 3.92. The molecule has 3 nitrogen and oxygen atoms in total. The number of rotatable bonds is 3. The number of aryl methyl sites for hydroxylation is 1. The molecule has 2 radical (unpaired) electrons. The van der Waals surface area contributed by atoms with Gasteiger partial charge in [-0.1, -0.05) is 11.5 Å². The molecule has 1 heterocycles. The van der Waals surface area contributed by atoms with Gasteiger partial charge in [0.05, 0.1) is 5.75 Å². The van der Waals surface area contributed by atoms with E-state index in [-0.39, 0.29) is 5.75 Å². The van der Waals surface area contributed by atoms with Crippen LogP contribution in [0.25, 0.3) is 0 Å². The van der Waals surface area contributed by atoms with Crippen LogP contribution in [0, 0.1) is 0 Å². The quantitative estimate of drug-likeness (QED) is 0.608. The second-order valence-electron chi connectivity index (χ2n) is 3.01. The summed E-state index contributed by atoms with van der Waals surface area (Å²) in [5.41, 5.74) is 1.41. The lowest BCUT2D eigenvalue weighted by atomic mass is 9.97. The van der Waals surface area contributed by atoms with Gasteiger partial charge in [0, 0.05) is 18.6 Å². The third-order valence-electron chi connectivity index (χ3n) is 1.58. The average Bonchev–Trinajstić information content (AvgIpc) is 2.00. The van der Waals surface area contributed by atoms with Crippen molar-refractivity contribution in [3.63, 3.8) is 0 Å². The van der Waals surface area contributed by atoms with E-state index >= 15 is 0 Å². The standard InChI is InChI=1S/C8H10BNO2S/c1-13(11,12)3-2-7-4-8(9)6-10-5-7/h4-6H,2-3H2,1H3. The largest absolute Gasteiger partial charge is 0.265 e. The monoisotopic (exact) mass is 195 g/mol. The molecule has 13 heavy (non-hydrogen) atoms. The van der Waals surface area contributed by atoms with Crippen LogP contribution in [0.1, 0.15) is 5.56 Å². The van der Waals surface area contributed by atoms with Crippen LogP contribution in [0.2, 0.25) is 0 Å². The third-order valence-corrected chi connectivity index (χ3v) is 2.52. The molecule has 0 saturated heterocycles. The van der Waals surface area contributed by atoms with E-state index < -0.39 is 9.84 Å². The highest BCUT2D eigenvalue weighted by molar-refractivity contribution is 7.90. The Hall–Kier alpha value is -0.835. The molecule has 1 aromatic rings. The Balaban J connectivity index is 2.65. The second-order valence-corrected chi connectivity index (χ2v) is 5.27. The van der Waals surface area contributed by atoms with E-state index in [1.54, 1.807) is 12.3 Å². The first-order valence-corrected chi connectivity index (χ1v) is 5.90. The zero-order chi connectivity index (χ0) is 9.90. The molecule has 0 atom stereocenters. The van der Waals surface area contributed by atoms with Crippen molar-refractivity contribution in [3.05, 3.63) is 24.0 Å². The van der Waals surface area contributed by atoms with Gasteiger partial charge < -0.3 is 0 Å². The molecule has 0 bridgehead atoms. The van der Waals surface area contributed by atoms with Gasteiger partial charge in [0.15, 0.2) is 0 Å². The fourth-order valence-electron chi connectivity index (χ4n) is 0.948. The molecule has 0 saturated carbocycles. The summed E-state index contributed by atoms with van der Waals surface area (Å²) in [5.74, 6) is 0.137. The van der Waals surface area contributed by atoms with Crippen molar-refractivity contribution < 1.29 is 8.42 Å². The maximum absolute atomic E-state index is 10.8. The lowest BCUT2D eigenvalue weighted by Gasteiger charge is -2.00. The normalized spacial score (nSPS) is 11.5. The van der Waals surface area contributed by atoms with Crippen molar-refractivity contribution in [3.8, 4) is 0 Å². The van der Waals surface area contributed by atoms with Crippen molar-refractivity contribution in [2.45, 2.75) is 6.42 Å². The zero-order valence-corrected chi connectivity index (χ0v) is 8.21. The highest BCUT2D eigenvalue weighted by Gasteiger charge is 2.02. The van der Waals surface area contributed by atoms with Crippen LogP contribution in [0.5, 0.6) is 0 Å². The van der Waals surface area contributed by atoms with E-state index in [1.807, 2.05) is 0 Å². The first kappa shape index (κ1) is 10.2. The minimum Gasteiger partial charge on any atom is -0.265 e.